The van der Waals surface area contributed by atoms with Gasteiger partial charge in [0.05, 0.1) is 0 Å². The molecule has 1 aromatic rings. The summed E-state index contributed by atoms with van der Waals surface area (Å²) in [4.78, 5) is 2.41. The lowest BCUT2D eigenvalue weighted by atomic mass is 10.0. The molecule has 5 heteroatoms. The van der Waals surface area contributed by atoms with Crippen molar-refractivity contribution in [2.75, 3.05) is 18.0 Å². The van der Waals surface area contributed by atoms with Crippen molar-refractivity contribution in [3.63, 3.8) is 0 Å². The van der Waals surface area contributed by atoms with Crippen molar-refractivity contribution in [1.29, 1.82) is 0 Å². The van der Waals surface area contributed by atoms with Crippen LogP contribution in [0.4, 0.5) is 5.69 Å². The van der Waals surface area contributed by atoms with Gasteiger partial charge in [-0.1, -0.05) is 12.1 Å². The van der Waals surface area contributed by atoms with E-state index >= 15 is 0 Å². The van der Waals surface area contributed by atoms with Crippen LogP contribution >= 0.6 is 15.9 Å². The number of hydrogen-bond donors (Lipinski definition) is 2. The monoisotopic (exact) mass is 325 g/mol. The first kappa shape index (κ1) is 14.2. The van der Waals surface area contributed by atoms with E-state index < -0.39 is 0 Å². The Bertz CT molecular complexity index is 476. The Morgan fingerprint density at radius 1 is 1.42 bits per heavy atom. The quantitative estimate of drug-likeness (QED) is 0.380. The van der Waals surface area contributed by atoms with Gasteiger partial charge in [0, 0.05) is 28.8 Å². The number of benzene rings is 1. The van der Waals surface area contributed by atoms with Gasteiger partial charge in [0.25, 0.3) is 0 Å². The topological polar surface area (TPSA) is 61.8 Å². The first-order valence-corrected chi connectivity index (χ1v) is 7.43. The van der Waals surface area contributed by atoms with Crippen LogP contribution in [0.1, 0.15) is 31.7 Å². The molecule has 104 valence electrons. The molecule has 1 fully saturated rings. The predicted molar refractivity (Wildman–Crippen MR) is 81.9 cm³/mol. The van der Waals surface area contributed by atoms with Gasteiger partial charge >= 0.3 is 0 Å². The molecule has 1 saturated heterocycles. The Kier molecular flexibility index (Phi) is 4.69. The molecule has 0 spiro atoms. The average Bonchev–Trinajstić information content (AvgIpc) is 2.62. The molecule has 0 aliphatic carbocycles. The zero-order chi connectivity index (χ0) is 13.8. The molecule has 1 aliphatic heterocycles. The molecule has 1 heterocycles. The van der Waals surface area contributed by atoms with Gasteiger partial charge in [-0.15, -0.1) is 0 Å². The van der Waals surface area contributed by atoms with Crippen molar-refractivity contribution in [2.45, 2.75) is 26.2 Å². The van der Waals surface area contributed by atoms with E-state index in [0.717, 1.165) is 29.0 Å². The van der Waals surface area contributed by atoms with E-state index in [1.807, 2.05) is 18.2 Å². The van der Waals surface area contributed by atoms with Crippen LogP contribution < -0.4 is 10.6 Å². The summed E-state index contributed by atoms with van der Waals surface area (Å²) in [6, 6.07) is 5.97. The smallest absolute Gasteiger partial charge is 0.171 e. The number of nitrogens with two attached hydrogens (primary N) is 1. The summed E-state index contributed by atoms with van der Waals surface area (Å²) in [5.41, 5.74) is 7.53. The standard InChI is InChI=1S/C14H20BrN3O/c1-10-3-2-7-18(8-6-10)11-4-5-12(13(15)9-11)14(16)17-19/h4-5,9-10,19H,2-3,6-8H2,1H3,(H2,16,17). The van der Waals surface area contributed by atoms with Gasteiger partial charge in [-0.25, -0.2) is 0 Å². The van der Waals surface area contributed by atoms with Gasteiger partial charge in [0.2, 0.25) is 0 Å². The summed E-state index contributed by atoms with van der Waals surface area (Å²) in [5.74, 6) is 0.938. The van der Waals surface area contributed by atoms with E-state index in [1.54, 1.807) is 0 Å². The summed E-state index contributed by atoms with van der Waals surface area (Å²) < 4.78 is 0.859. The van der Waals surface area contributed by atoms with Crippen LogP contribution in [0.25, 0.3) is 0 Å². The van der Waals surface area contributed by atoms with E-state index in [4.69, 9.17) is 10.9 Å². The maximum atomic E-state index is 8.73. The zero-order valence-electron chi connectivity index (χ0n) is 11.1. The van der Waals surface area contributed by atoms with E-state index in [2.05, 4.69) is 32.9 Å². The molecule has 3 N–H and O–H groups in total. The number of hydrogen-bond acceptors (Lipinski definition) is 3. The van der Waals surface area contributed by atoms with Crippen LogP contribution in [0.3, 0.4) is 0 Å². The minimum Gasteiger partial charge on any atom is -0.409 e. The third-order valence-corrected chi connectivity index (χ3v) is 4.37. The van der Waals surface area contributed by atoms with Gasteiger partial charge in [-0.2, -0.15) is 0 Å². The Labute approximate surface area is 122 Å². The first-order chi connectivity index (χ1) is 9.11. The van der Waals surface area contributed by atoms with Crippen molar-refractivity contribution >= 4 is 27.5 Å². The lowest BCUT2D eigenvalue weighted by molar-refractivity contribution is 0.318. The third kappa shape index (κ3) is 3.41. The SMILES string of the molecule is CC1CCCN(c2ccc(/C(N)=N/O)c(Br)c2)CC1. The van der Waals surface area contributed by atoms with Gasteiger partial charge < -0.3 is 15.8 Å². The Morgan fingerprint density at radius 2 is 2.21 bits per heavy atom. The van der Waals surface area contributed by atoms with Crippen LogP contribution in [-0.4, -0.2) is 24.1 Å². The molecule has 0 aromatic heterocycles. The second-order valence-electron chi connectivity index (χ2n) is 5.17. The number of anilines is 1. The highest BCUT2D eigenvalue weighted by atomic mass is 79.9. The van der Waals surface area contributed by atoms with Gasteiger partial charge in [0.15, 0.2) is 5.84 Å². The molecule has 0 amide bonds. The third-order valence-electron chi connectivity index (χ3n) is 3.72. The van der Waals surface area contributed by atoms with Crippen molar-refractivity contribution < 1.29 is 5.21 Å². The van der Waals surface area contributed by atoms with E-state index in [9.17, 15) is 0 Å². The van der Waals surface area contributed by atoms with Crippen LogP contribution in [0.2, 0.25) is 0 Å². The van der Waals surface area contributed by atoms with E-state index in [0.29, 0.717) is 0 Å². The summed E-state index contributed by atoms with van der Waals surface area (Å²) in [5, 5.41) is 11.8. The normalized spacial score (nSPS) is 21.3. The lowest BCUT2D eigenvalue weighted by Crippen LogP contribution is -2.24. The fourth-order valence-electron chi connectivity index (χ4n) is 2.48. The Balaban J connectivity index is 2.19. The fraction of sp³-hybridized carbons (Fsp3) is 0.500. The molecular weight excluding hydrogens is 306 g/mol. The molecule has 2 rings (SSSR count). The molecule has 0 saturated carbocycles. The number of amidine groups is 1. The van der Waals surface area contributed by atoms with E-state index in [-0.39, 0.29) is 5.84 Å². The van der Waals surface area contributed by atoms with E-state index in [1.165, 1.54) is 24.9 Å². The minimum absolute atomic E-state index is 0.128. The lowest BCUT2D eigenvalue weighted by Gasteiger charge is -2.23. The molecule has 1 aliphatic rings. The molecule has 1 atom stereocenters. The molecule has 1 unspecified atom stereocenters. The average molecular weight is 326 g/mol. The number of nitrogens with zero attached hydrogens (tertiary/aromatic N) is 2. The number of rotatable bonds is 2. The molecule has 1 aromatic carbocycles. The maximum Gasteiger partial charge on any atom is 0.171 e. The fourth-order valence-corrected chi connectivity index (χ4v) is 3.05. The zero-order valence-corrected chi connectivity index (χ0v) is 12.7. The molecule has 0 radical (unpaired) electrons. The van der Waals surface area contributed by atoms with Crippen LogP contribution in [0.15, 0.2) is 27.8 Å². The van der Waals surface area contributed by atoms with Gasteiger partial charge in [0.1, 0.15) is 0 Å². The molecule has 0 bridgehead atoms. The van der Waals surface area contributed by atoms with Crippen LogP contribution in [0.5, 0.6) is 0 Å². The second-order valence-corrected chi connectivity index (χ2v) is 6.03. The van der Waals surface area contributed by atoms with Crippen molar-refractivity contribution in [2.24, 2.45) is 16.8 Å². The minimum atomic E-state index is 0.128. The van der Waals surface area contributed by atoms with Crippen molar-refractivity contribution in [3.8, 4) is 0 Å². The number of oxime groups is 1. The Hall–Kier alpha value is -1.23. The second kappa shape index (κ2) is 6.28. The predicted octanol–water partition coefficient (Wildman–Crippen LogP) is 3.17. The first-order valence-electron chi connectivity index (χ1n) is 6.64. The maximum absolute atomic E-state index is 8.73. The van der Waals surface area contributed by atoms with Crippen LogP contribution in [-0.2, 0) is 0 Å². The molecular formula is C14H20BrN3O. The summed E-state index contributed by atoms with van der Waals surface area (Å²) in [7, 11) is 0. The van der Waals surface area contributed by atoms with Crippen LogP contribution in [0, 0.1) is 5.92 Å². The van der Waals surface area contributed by atoms with Gasteiger partial charge in [-0.3, -0.25) is 0 Å². The highest BCUT2D eigenvalue weighted by Gasteiger charge is 2.15. The van der Waals surface area contributed by atoms with Crippen molar-refractivity contribution in [1.82, 2.24) is 0 Å². The molecule has 4 nitrogen and oxygen atoms in total. The highest BCUT2D eigenvalue weighted by Crippen LogP contribution is 2.27. The molecule has 19 heavy (non-hydrogen) atoms. The Morgan fingerprint density at radius 3 is 2.89 bits per heavy atom. The largest absolute Gasteiger partial charge is 0.409 e. The highest BCUT2D eigenvalue weighted by molar-refractivity contribution is 9.10. The summed E-state index contributed by atoms with van der Waals surface area (Å²) in [6.07, 6.45) is 3.78. The number of halogens is 1. The van der Waals surface area contributed by atoms with Crippen molar-refractivity contribution in [3.05, 3.63) is 28.2 Å². The summed E-state index contributed by atoms with van der Waals surface area (Å²) in [6.45, 7) is 4.51. The van der Waals surface area contributed by atoms with Gasteiger partial charge in [-0.05, 0) is 59.3 Å². The summed E-state index contributed by atoms with van der Waals surface area (Å²) >= 11 is 3.49.